The maximum atomic E-state index is 12.0. The summed E-state index contributed by atoms with van der Waals surface area (Å²) in [6, 6.07) is 5.72. The van der Waals surface area contributed by atoms with Crippen LogP contribution in [0.1, 0.15) is 10.4 Å². The summed E-state index contributed by atoms with van der Waals surface area (Å²) in [5.74, 6) is 1.37. The molecule has 4 rings (SSSR count). The fourth-order valence-corrected chi connectivity index (χ4v) is 3.71. The molecule has 1 aliphatic rings. The largest absolute Gasteiger partial charge is 0.368 e. The van der Waals surface area contributed by atoms with Gasteiger partial charge in [0.05, 0.1) is 29.3 Å². The fraction of sp³-hybridized carbons (Fsp3) is 0.364. The number of carbonyl (C=O) groups is 1. The molecule has 1 amide bonds. The van der Waals surface area contributed by atoms with Crippen LogP contribution in [0.15, 0.2) is 36.8 Å². The monoisotopic (exact) mass is 450 g/mol. The van der Waals surface area contributed by atoms with Gasteiger partial charge in [-0.25, -0.2) is 9.97 Å². The number of nitrogens with one attached hydrogen (secondary N) is 2. The van der Waals surface area contributed by atoms with E-state index in [1.54, 1.807) is 10.7 Å². The molecular weight excluding hydrogens is 420 g/mol. The van der Waals surface area contributed by atoms with Gasteiger partial charge < -0.3 is 31.1 Å². The number of rotatable bonds is 7. The van der Waals surface area contributed by atoms with Crippen LogP contribution < -0.4 is 26.2 Å². The molecule has 3 aromatic heterocycles. The van der Waals surface area contributed by atoms with Crippen molar-refractivity contribution in [3.8, 4) is 0 Å². The van der Waals surface area contributed by atoms with E-state index in [1.165, 1.54) is 6.20 Å². The number of piperazine rings is 1. The lowest BCUT2D eigenvalue weighted by molar-refractivity contribution is 0.100. The minimum Gasteiger partial charge on any atom is -0.368 e. The van der Waals surface area contributed by atoms with Crippen LogP contribution in [0.2, 0.25) is 0 Å². The number of nitrogens with two attached hydrogens (primary N) is 1. The fourth-order valence-electron chi connectivity index (χ4n) is 3.71. The van der Waals surface area contributed by atoms with Gasteiger partial charge in [-0.1, -0.05) is 0 Å². The Morgan fingerprint density at radius 1 is 1.00 bits per heavy atom. The first-order chi connectivity index (χ1) is 15.8. The molecule has 1 saturated heterocycles. The third-order valence-corrected chi connectivity index (χ3v) is 5.54. The Morgan fingerprint density at radius 2 is 1.73 bits per heavy atom. The van der Waals surface area contributed by atoms with Crippen LogP contribution >= 0.6 is 0 Å². The van der Waals surface area contributed by atoms with Crippen molar-refractivity contribution in [3.05, 3.63) is 42.4 Å². The van der Waals surface area contributed by atoms with Gasteiger partial charge >= 0.3 is 0 Å². The van der Waals surface area contributed by atoms with E-state index in [0.29, 0.717) is 17.3 Å². The molecule has 4 N–H and O–H groups in total. The van der Waals surface area contributed by atoms with Crippen LogP contribution in [0.5, 0.6) is 0 Å². The van der Waals surface area contributed by atoms with E-state index >= 15 is 0 Å². The predicted molar refractivity (Wildman–Crippen MR) is 131 cm³/mol. The van der Waals surface area contributed by atoms with Crippen LogP contribution in [0, 0.1) is 0 Å². The Labute approximate surface area is 193 Å². The first-order valence-electron chi connectivity index (χ1n) is 10.7. The highest BCUT2D eigenvalue weighted by molar-refractivity contribution is 5.99. The second-order valence-electron chi connectivity index (χ2n) is 8.36. The highest BCUT2D eigenvalue weighted by Gasteiger charge is 2.17. The maximum absolute atomic E-state index is 12.0. The molecule has 0 atom stereocenters. The van der Waals surface area contributed by atoms with E-state index in [1.807, 2.05) is 44.5 Å². The van der Waals surface area contributed by atoms with Crippen LogP contribution in [-0.4, -0.2) is 77.9 Å². The van der Waals surface area contributed by atoms with Crippen molar-refractivity contribution in [1.29, 1.82) is 0 Å². The van der Waals surface area contributed by atoms with Crippen molar-refractivity contribution in [3.63, 3.8) is 0 Å². The first kappa shape index (κ1) is 22.3. The molecule has 4 heterocycles. The summed E-state index contributed by atoms with van der Waals surface area (Å²) in [7, 11) is 7.78. The first-order valence-corrected chi connectivity index (χ1v) is 10.7. The summed E-state index contributed by atoms with van der Waals surface area (Å²) in [5.41, 5.74) is 8.24. The molecule has 174 valence electrons. The normalized spacial score (nSPS) is 14.2. The molecule has 33 heavy (non-hydrogen) atoms. The van der Waals surface area contributed by atoms with Gasteiger partial charge in [-0.3, -0.25) is 9.48 Å². The SMILES string of the molecule is CN1CCN(c2ccc(Nc3cc(Nc4cn(C)nc4N(C)C)c(C(N)=O)cn3)nc2)CC1. The van der Waals surface area contributed by atoms with Gasteiger partial charge in [-0.2, -0.15) is 5.10 Å². The number of amides is 1. The third-order valence-electron chi connectivity index (χ3n) is 5.54. The number of likely N-dealkylation sites (N-methyl/N-ethyl adjacent to an activating group) is 1. The molecule has 1 fully saturated rings. The molecule has 0 saturated carbocycles. The molecule has 0 bridgehead atoms. The lowest BCUT2D eigenvalue weighted by Gasteiger charge is -2.33. The molecule has 0 unspecified atom stereocenters. The summed E-state index contributed by atoms with van der Waals surface area (Å²) in [6.45, 7) is 4.05. The van der Waals surface area contributed by atoms with Crippen molar-refractivity contribution >= 4 is 40.4 Å². The third kappa shape index (κ3) is 5.14. The zero-order valence-corrected chi connectivity index (χ0v) is 19.4. The minimum absolute atomic E-state index is 0.285. The standard InChI is InChI=1S/C22H30N10O/c1-29(2)22-18(14-31(4)28-22)26-17-11-20(25-13-16(17)21(23)33)27-19-6-5-15(12-24-19)32-9-7-30(3)8-10-32/h5-6,11-14H,7-10H2,1-4H3,(H2,23,33)(H2,24,25,26,27). The van der Waals surface area contributed by atoms with Gasteiger partial charge in [-0.15, -0.1) is 0 Å². The number of nitrogens with zero attached hydrogens (tertiary/aromatic N) is 7. The molecule has 11 heteroatoms. The van der Waals surface area contributed by atoms with Crippen LogP contribution in [0.25, 0.3) is 0 Å². The lowest BCUT2D eigenvalue weighted by Crippen LogP contribution is -2.44. The summed E-state index contributed by atoms with van der Waals surface area (Å²) in [4.78, 5) is 27.4. The number of aromatic nitrogens is 4. The summed E-state index contributed by atoms with van der Waals surface area (Å²) >= 11 is 0. The zero-order valence-electron chi connectivity index (χ0n) is 19.4. The highest BCUT2D eigenvalue weighted by atomic mass is 16.1. The quantitative estimate of drug-likeness (QED) is 0.493. The average Bonchev–Trinajstić information content (AvgIpc) is 3.15. The maximum Gasteiger partial charge on any atom is 0.252 e. The van der Waals surface area contributed by atoms with Crippen molar-refractivity contribution in [2.75, 3.05) is 67.8 Å². The van der Waals surface area contributed by atoms with Gasteiger partial charge in [0.1, 0.15) is 17.3 Å². The van der Waals surface area contributed by atoms with Crippen LogP contribution in [0.3, 0.4) is 0 Å². The van der Waals surface area contributed by atoms with E-state index in [4.69, 9.17) is 5.73 Å². The van der Waals surface area contributed by atoms with Crippen molar-refractivity contribution < 1.29 is 4.79 Å². The van der Waals surface area contributed by atoms with Gasteiger partial charge in [0.15, 0.2) is 5.82 Å². The molecule has 0 spiro atoms. The molecule has 0 aliphatic carbocycles. The minimum atomic E-state index is -0.568. The Bertz CT molecular complexity index is 1120. The van der Waals surface area contributed by atoms with Crippen molar-refractivity contribution in [1.82, 2.24) is 24.6 Å². The van der Waals surface area contributed by atoms with E-state index in [-0.39, 0.29) is 5.56 Å². The van der Waals surface area contributed by atoms with Gasteiger partial charge in [0, 0.05) is 59.6 Å². The number of hydrogen-bond donors (Lipinski definition) is 3. The predicted octanol–water partition coefficient (Wildman–Crippen LogP) is 1.61. The van der Waals surface area contributed by atoms with E-state index in [2.05, 4.69) is 48.6 Å². The van der Waals surface area contributed by atoms with E-state index < -0.39 is 5.91 Å². The number of anilines is 6. The summed E-state index contributed by atoms with van der Waals surface area (Å²) in [5, 5.41) is 10.9. The van der Waals surface area contributed by atoms with Crippen molar-refractivity contribution in [2.24, 2.45) is 12.8 Å². The smallest absolute Gasteiger partial charge is 0.252 e. The number of primary amides is 1. The Balaban J connectivity index is 1.54. The Hall–Kier alpha value is -3.86. The second-order valence-corrected chi connectivity index (χ2v) is 8.36. The summed E-state index contributed by atoms with van der Waals surface area (Å²) < 4.78 is 1.70. The Morgan fingerprint density at radius 3 is 2.36 bits per heavy atom. The van der Waals surface area contributed by atoms with Crippen LogP contribution in [-0.2, 0) is 7.05 Å². The Kier molecular flexibility index (Phi) is 6.31. The molecule has 0 aromatic carbocycles. The molecule has 11 nitrogen and oxygen atoms in total. The summed E-state index contributed by atoms with van der Waals surface area (Å²) in [6.07, 6.45) is 5.16. The number of carbonyl (C=O) groups excluding carboxylic acids is 1. The van der Waals surface area contributed by atoms with Gasteiger partial charge in [0.2, 0.25) is 0 Å². The number of hydrogen-bond acceptors (Lipinski definition) is 9. The number of pyridine rings is 2. The van der Waals surface area contributed by atoms with Gasteiger partial charge in [0.25, 0.3) is 5.91 Å². The molecule has 0 radical (unpaired) electrons. The van der Waals surface area contributed by atoms with E-state index in [0.717, 1.165) is 43.4 Å². The number of aryl methyl sites for hydroxylation is 1. The zero-order chi connectivity index (χ0) is 23.5. The van der Waals surface area contributed by atoms with Gasteiger partial charge in [-0.05, 0) is 19.2 Å². The van der Waals surface area contributed by atoms with Crippen molar-refractivity contribution in [2.45, 2.75) is 0 Å². The van der Waals surface area contributed by atoms with Crippen LogP contribution in [0.4, 0.5) is 34.5 Å². The highest BCUT2D eigenvalue weighted by Crippen LogP contribution is 2.29. The molecule has 1 aliphatic heterocycles. The van der Waals surface area contributed by atoms with E-state index in [9.17, 15) is 4.79 Å². The molecular formula is C22H30N10O. The lowest BCUT2D eigenvalue weighted by atomic mass is 10.2. The average molecular weight is 451 g/mol. The molecule has 3 aromatic rings. The topological polar surface area (TPSA) is 120 Å². The second kappa shape index (κ2) is 9.33.